The van der Waals surface area contributed by atoms with Crippen LogP contribution in [0, 0.1) is 0 Å². The SMILES string of the molecule is COc1ccc(OC)c(NC(=O)Cc2csc(Nc3ccc(Cl)cn3)n2)c1. The van der Waals surface area contributed by atoms with Gasteiger partial charge in [-0.3, -0.25) is 4.79 Å². The summed E-state index contributed by atoms with van der Waals surface area (Å²) in [5.74, 6) is 1.61. The van der Waals surface area contributed by atoms with Gasteiger partial charge in [-0.2, -0.15) is 0 Å². The zero-order valence-corrected chi connectivity index (χ0v) is 16.2. The first-order chi connectivity index (χ1) is 13.1. The fourth-order valence-corrected chi connectivity index (χ4v) is 3.10. The number of anilines is 3. The second-order valence-electron chi connectivity index (χ2n) is 5.42. The quantitative estimate of drug-likeness (QED) is 0.615. The molecule has 0 saturated carbocycles. The van der Waals surface area contributed by atoms with E-state index < -0.39 is 0 Å². The molecule has 7 nitrogen and oxygen atoms in total. The van der Waals surface area contributed by atoms with Crippen molar-refractivity contribution in [2.24, 2.45) is 0 Å². The summed E-state index contributed by atoms with van der Waals surface area (Å²) in [5, 5.41) is 8.93. The minimum Gasteiger partial charge on any atom is -0.497 e. The molecule has 27 heavy (non-hydrogen) atoms. The van der Waals surface area contributed by atoms with Crippen LogP contribution < -0.4 is 20.1 Å². The summed E-state index contributed by atoms with van der Waals surface area (Å²) in [6, 6.07) is 8.69. The number of nitrogens with one attached hydrogen (secondary N) is 2. The zero-order valence-electron chi connectivity index (χ0n) is 14.7. The predicted octanol–water partition coefficient (Wildman–Crippen LogP) is 4.13. The van der Waals surface area contributed by atoms with Crippen LogP contribution in [0.3, 0.4) is 0 Å². The number of amides is 1. The maximum absolute atomic E-state index is 12.4. The van der Waals surface area contributed by atoms with Crippen LogP contribution in [0.2, 0.25) is 5.02 Å². The van der Waals surface area contributed by atoms with Gasteiger partial charge in [-0.15, -0.1) is 11.3 Å². The van der Waals surface area contributed by atoms with Gasteiger partial charge in [-0.25, -0.2) is 9.97 Å². The van der Waals surface area contributed by atoms with Gasteiger partial charge in [-0.1, -0.05) is 11.6 Å². The van der Waals surface area contributed by atoms with Crippen molar-refractivity contribution in [1.82, 2.24) is 9.97 Å². The Morgan fingerprint density at radius 1 is 1.22 bits per heavy atom. The molecule has 0 aliphatic carbocycles. The van der Waals surface area contributed by atoms with E-state index in [0.29, 0.717) is 38.9 Å². The first-order valence-corrected chi connectivity index (χ1v) is 9.18. The van der Waals surface area contributed by atoms with Gasteiger partial charge in [0.05, 0.1) is 37.0 Å². The number of rotatable bonds is 7. The Hall–Kier alpha value is -2.84. The first kappa shape index (κ1) is 18.9. The summed E-state index contributed by atoms with van der Waals surface area (Å²) in [6.07, 6.45) is 1.68. The monoisotopic (exact) mass is 404 g/mol. The molecule has 0 atom stereocenters. The third-order valence-corrected chi connectivity index (χ3v) is 4.57. The van der Waals surface area contributed by atoms with Crippen molar-refractivity contribution in [2.75, 3.05) is 24.9 Å². The second kappa shape index (κ2) is 8.70. The third kappa shape index (κ3) is 5.08. The van der Waals surface area contributed by atoms with Gasteiger partial charge in [0.25, 0.3) is 0 Å². The zero-order chi connectivity index (χ0) is 19.2. The molecule has 3 aromatic rings. The van der Waals surface area contributed by atoms with Gasteiger partial charge in [0.15, 0.2) is 5.13 Å². The van der Waals surface area contributed by atoms with E-state index in [1.54, 1.807) is 50.7 Å². The van der Waals surface area contributed by atoms with Gasteiger partial charge in [0.2, 0.25) is 5.91 Å². The molecule has 0 spiro atoms. The van der Waals surface area contributed by atoms with Crippen molar-refractivity contribution in [2.45, 2.75) is 6.42 Å². The summed E-state index contributed by atoms with van der Waals surface area (Å²) in [5.41, 5.74) is 1.19. The van der Waals surface area contributed by atoms with E-state index in [4.69, 9.17) is 21.1 Å². The number of ether oxygens (including phenoxy) is 2. The molecule has 0 fully saturated rings. The van der Waals surface area contributed by atoms with Gasteiger partial charge in [0, 0.05) is 17.6 Å². The average molecular weight is 405 g/mol. The summed E-state index contributed by atoms with van der Waals surface area (Å²) >= 11 is 7.21. The lowest BCUT2D eigenvalue weighted by Gasteiger charge is -2.11. The highest BCUT2D eigenvalue weighted by molar-refractivity contribution is 7.13. The van der Waals surface area contributed by atoms with E-state index in [0.717, 1.165) is 0 Å². The minimum atomic E-state index is -0.206. The molecule has 0 unspecified atom stereocenters. The summed E-state index contributed by atoms with van der Waals surface area (Å²) < 4.78 is 10.4. The fraction of sp³-hybridized carbons (Fsp3) is 0.167. The highest BCUT2D eigenvalue weighted by atomic mass is 35.5. The van der Waals surface area contributed by atoms with Crippen molar-refractivity contribution in [3.8, 4) is 11.5 Å². The van der Waals surface area contributed by atoms with Crippen LogP contribution in [0.15, 0.2) is 41.9 Å². The number of methoxy groups -OCH3 is 2. The van der Waals surface area contributed by atoms with Crippen molar-refractivity contribution < 1.29 is 14.3 Å². The Labute approximate surface area is 165 Å². The standard InChI is InChI=1S/C18H17ClN4O3S/c1-25-13-4-5-15(26-2)14(8-13)22-17(24)7-12-10-27-18(21-12)23-16-6-3-11(19)9-20-16/h3-6,8-10H,7H2,1-2H3,(H,22,24)(H,20,21,23). The number of halogens is 1. The number of nitrogens with zero attached hydrogens (tertiary/aromatic N) is 2. The van der Waals surface area contributed by atoms with E-state index in [1.165, 1.54) is 11.3 Å². The number of carbonyl (C=O) groups is 1. The molecule has 2 heterocycles. The average Bonchev–Trinajstić information content (AvgIpc) is 3.10. The second-order valence-corrected chi connectivity index (χ2v) is 6.72. The van der Waals surface area contributed by atoms with E-state index in [1.807, 2.05) is 5.38 Å². The van der Waals surface area contributed by atoms with Crippen LogP contribution in [0.5, 0.6) is 11.5 Å². The number of thiazole rings is 1. The van der Waals surface area contributed by atoms with Crippen LogP contribution in [0.4, 0.5) is 16.6 Å². The molecule has 2 N–H and O–H groups in total. The van der Waals surface area contributed by atoms with E-state index in [-0.39, 0.29) is 12.3 Å². The maximum atomic E-state index is 12.4. The number of carbonyl (C=O) groups excluding carboxylic acids is 1. The molecule has 3 rings (SSSR count). The van der Waals surface area contributed by atoms with Gasteiger partial charge >= 0.3 is 0 Å². The molecule has 9 heteroatoms. The Morgan fingerprint density at radius 2 is 2.07 bits per heavy atom. The Balaban J connectivity index is 1.63. The summed E-state index contributed by atoms with van der Waals surface area (Å²) in [6.45, 7) is 0. The van der Waals surface area contributed by atoms with E-state index in [9.17, 15) is 4.79 Å². The van der Waals surface area contributed by atoms with Crippen LogP contribution in [-0.4, -0.2) is 30.1 Å². The summed E-state index contributed by atoms with van der Waals surface area (Å²) in [7, 11) is 3.10. The van der Waals surface area contributed by atoms with Crippen molar-refractivity contribution in [3.05, 3.63) is 52.6 Å². The predicted molar refractivity (Wildman–Crippen MR) is 107 cm³/mol. The van der Waals surface area contributed by atoms with E-state index in [2.05, 4.69) is 20.6 Å². The third-order valence-electron chi connectivity index (χ3n) is 3.54. The number of hydrogen-bond acceptors (Lipinski definition) is 7. The lowest BCUT2D eigenvalue weighted by molar-refractivity contribution is -0.115. The number of benzene rings is 1. The molecular weight excluding hydrogens is 388 g/mol. The molecule has 0 radical (unpaired) electrons. The lowest BCUT2D eigenvalue weighted by atomic mass is 10.2. The van der Waals surface area contributed by atoms with Crippen LogP contribution in [-0.2, 0) is 11.2 Å². The minimum absolute atomic E-state index is 0.132. The van der Waals surface area contributed by atoms with Gasteiger partial charge < -0.3 is 20.1 Å². The number of hydrogen-bond donors (Lipinski definition) is 2. The Bertz CT molecular complexity index is 931. The van der Waals surface area contributed by atoms with Crippen LogP contribution >= 0.6 is 22.9 Å². The molecule has 0 aliphatic heterocycles. The molecule has 1 aromatic carbocycles. The fourth-order valence-electron chi connectivity index (χ4n) is 2.28. The van der Waals surface area contributed by atoms with E-state index >= 15 is 0 Å². The smallest absolute Gasteiger partial charge is 0.230 e. The molecule has 0 bridgehead atoms. The van der Waals surface area contributed by atoms with Crippen LogP contribution in [0.1, 0.15) is 5.69 Å². The molecule has 140 valence electrons. The molecule has 0 saturated heterocycles. The van der Waals surface area contributed by atoms with Crippen molar-refractivity contribution in [1.29, 1.82) is 0 Å². The Morgan fingerprint density at radius 3 is 2.78 bits per heavy atom. The molecule has 2 aromatic heterocycles. The number of pyridine rings is 1. The van der Waals surface area contributed by atoms with Crippen molar-refractivity contribution in [3.63, 3.8) is 0 Å². The highest BCUT2D eigenvalue weighted by Crippen LogP contribution is 2.29. The van der Waals surface area contributed by atoms with Crippen LogP contribution in [0.25, 0.3) is 0 Å². The highest BCUT2D eigenvalue weighted by Gasteiger charge is 2.12. The summed E-state index contributed by atoms with van der Waals surface area (Å²) in [4.78, 5) is 20.9. The molecular formula is C18H17ClN4O3S. The lowest BCUT2D eigenvalue weighted by Crippen LogP contribution is -2.15. The number of aromatic nitrogens is 2. The maximum Gasteiger partial charge on any atom is 0.230 e. The largest absolute Gasteiger partial charge is 0.497 e. The molecule has 1 amide bonds. The van der Waals surface area contributed by atoms with Crippen molar-refractivity contribution >= 4 is 45.5 Å². The van der Waals surface area contributed by atoms with Gasteiger partial charge in [-0.05, 0) is 24.3 Å². The Kier molecular flexibility index (Phi) is 6.10. The molecule has 0 aliphatic rings. The van der Waals surface area contributed by atoms with Gasteiger partial charge in [0.1, 0.15) is 17.3 Å². The first-order valence-electron chi connectivity index (χ1n) is 7.92. The normalized spacial score (nSPS) is 10.3. The topological polar surface area (TPSA) is 85.4 Å².